The van der Waals surface area contributed by atoms with Crippen molar-refractivity contribution < 1.29 is 0 Å². The van der Waals surface area contributed by atoms with Gasteiger partial charge in [0.05, 0.1) is 7.85 Å². The molecule has 30 valence electrons. The van der Waals surface area contributed by atoms with Crippen LogP contribution in [0.2, 0.25) is 0 Å². The quantitative estimate of drug-likeness (QED) is 0.232. The molecule has 0 nitrogen and oxygen atoms in total. The van der Waals surface area contributed by atoms with Crippen molar-refractivity contribution in [2.24, 2.45) is 0 Å². The van der Waals surface area contributed by atoms with Gasteiger partial charge in [0.15, 0.2) is 0 Å². The van der Waals surface area contributed by atoms with Crippen LogP contribution in [0.15, 0.2) is 0 Å². The highest BCUT2D eigenvalue weighted by molar-refractivity contribution is 7.21. The van der Waals surface area contributed by atoms with Gasteiger partial charge in [0.25, 0.3) is 0 Å². The Hall–Kier alpha value is 0.0549. The molecule has 0 aromatic rings. The first-order valence-electron chi connectivity index (χ1n) is 1.71. The van der Waals surface area contributed by atoms with Crippen LogP contribution in [-0.2, 0) is 0 Å². The van der Waals surface area contributed by atoms with E-state index in [0.29, 0.717) is 0 Å². The fraction of sp³-hybridized carbons (Fsp3) is 0.500. The Kier molecular flexibility index (Phi) is 3.28. The smallest absolute Gasteiger partial charge is 0.0932 e. The molecule has 0 saturated heterocycles. The van der Waals surface area contributed by atoms with Crippen LogP contribution in [-0.4, -0.2) is 13.4 Å². The molecular weight excluding hydrogens is 89.8 g/mol. The Morgan fingerprint density at radius 1 is 1.83 bits per heavy atom. The summed E-state index contributed by atoms with van der Waals surface area (Å²) in [5.41, 5.74) is -0.0463. The van der Waals surface area contributed by atoms with Crippen LogP contribution in [0.4, 0.5) is 0 Å². The van der Waals surface area contributed by atoms with Crippen LogP contribution >= 0.6 is 9.24 Å². The van der Waals surface area contributed by atoms with E-state index < -0.39 is 0 Å². The van der Waals surface area contributed by atoms with Gasteiger partial charge in [0.2, 0.25) is 0 Å². The van der Waals surface area contributed by atoms with E-state index in [4.69, 9.17) is 7.85 Å². The second-order valence-electron chi connectivity index (χ2n) is 0.920. The zero-order valence-electron chi connectivity index (χ0n) is 3.73. The lowest BCUT2D eigenvalue weighted by atomic mass is 10.1. The van der Waals surface area contributed by atoms with E-state index in [2.05, 4.69) is 21.1 Å². The molecule has 0 fully saturated rings. The Labute approximate surface area is 42.3 Å². The summed E-state index contributed by atoms with van der Waals surface area (Å²) in [6, 6.07) is 0. The lowest BCUT2D eigenvalue weighted by Crippen LogP contribution is -1.86. The van der Waals surface area contributed by atoms with Gasteiger partial charge in [0.1, 0.15) is 0 Å². The second-order valence-corrected chi connectivity index (χ2v) is 1.64. The van der Waals surface area contributed by atoms with Crippen molar-refractivity contribution in [2.45, 2.75) is 12.5 Å². The molecule has 0 amide bonds. The molecule has 0 heterocycles. The number of hydrogen-bond acceptors (Lipinski definition) is 0. The van der Waals surface area contributed by atoms with E-state index in [1.807, 2.05) is 0 Å². The lowest BCUT2D eigenvalue weighted by Gasteiger charge is -1.82. The Balaban J connectivity index is 3.20. The summed E-state index contributed by atoms with van der Waals surface area (Å²) >= 11 is 0. The number of rotatable bonds is 0. The standard InChI is InChI=1S/C4H6BP/c1-2-3-4(5)6/h4H,6H2,1H3. The molecule has 0 N–H and O–H groups in total. The molecule has 0 aromatic carbocycles. The number of hydrogen-bond donors (Lipinski definition) is 0. The molecule has 0 bridgehead atoms. The van der Waals surface area contributed by atoms with Crippen molar-refractivity contribution in [3.63, 3.8) is 0 Å². The highest BCUT2D eigenvalue weighted by Crippen LogP contribution is 1.87. The first-order valence-corrected chi connectivity index (χ1v) is 2.37. The van der Waals surface area contributed by atoms with Gasteiger partial charge in [-0.15, -0.1) is 21.1 Å². The van der Waals surface area contributed by atoms with E-state index in [-0.39, 0.29) is 5.56 Å². The summed E-state index contributed by atoms with van der Waals surface area (Å²) < 4.78 is 0. The molecule has 2 atom stereocenters. The molecule has 2 unspecified atom stereocenters. The van der Waals surface area contributed by atoms with Gasteiger partial charge >= 0.3 is 0 Å². The molecule has 6 heavy (non-hydrogen) atoms. The minimum absolute atomic E-state index is 0.0463. The molecule has 0 rings (SSSR count). The minimum Gasteiger partial charge on any atom is -0.131 e. The minimum atomic E-state index is -0.0463. The van der Waals surface area contributed by atoms with Crippen LogP contribution in [0.5, 0.6) is 0 Å². The van der Waals surface area contributed by atoms with Crippen molar-refractivity contribution in [2.75, 3.05) is 0 Å². The van der Waals surface area contributed by atoms with Crippen molar-refractivity contribution in [1.82, 2.24) is 0 Å². The first-order chi connectivity index (χ1) is 2.77. The Bertz CT molecular complexity index is 77.3. The zero-order chi connectivity index (χ0) is 4.99. The van der Waals surface area contributed by atoms with Crippen molar-refractivity contribution in [3.8, 4) is 11.8 Å². The Morgan fingerprint density at radius 3 is 2.33 bits per heavy atom. The molecule has 0 aliphatic rings. The Morgan fingerprint density at radius 2 is 2.33 bits per heavy atom. The predicted octanol–water partition coefficient (Wildman–Crippen LogP) is 0.379. The van der Waals surface area contributed by atoms with Gasteiger partial charge < -0.3 is 0 Å². The average molecular weight is 95.9 g/mol. The lowest BCUT2D eigenvalue weighted by molar-refractivity contribution is 1.73. The maximum atomic E-state index is 5.19. The molecule has 0 aliphatic heterocycles. The summed E-state index contributed by atoms with van der Waals surface area (Å²) in [5.74, 6) is 5.37. The largest absolute Gasteiger partial charge is 0.131 e. The van der Waals surface area contributed by atoms with Gasteiger partial charge in [0, 0.05) is 0 Å². The van der Waals surface area contributed by atoms with Gasteiger partial charge in [-0.25, -0.2) is 0 Å². The highest BCUT2D eigenvalue weighted by Gasteiger charge is 1.76. The predicted molar refractivity (Wildman–Crippen MR) is 32.7 cm³/mol. The summed E-state index contributed by atoms with van der Waals surface area (Å²) in [5, 5.41) is 0. The molecule has 2 heteroatoms. The fourth-order valence-corrected chi connectivity index (χ4v) is 0.333. The third-order valence-corrected chi connectivity index (χ3v) is 0.478. The molecule has 0 aromatic heterocycles. The monoisotopic (exact) mass is 96.0 g/mol. The van der Waals surface area contributed by atoms with E-state index in [1.54, 1.807) is 6.92 Å². The van der Waals surface area contributed by atoms with E-state index in [1.165, 1.54) is 0 Å². The van der Waals surface area contributed by atoms with Gasteiger partial charge in [-0.05, 0) is 12.5 Å². The third kappa shape index (κ3) is 4.05. The first kappa shape index (κ1) is 6.05. The second kappa shape index (κ2) is 3.25. The van der Waals surface area contributed by atoms with Crippen LogP contribution in [0, 0.1) is 11.8 Å². The maximum Gasteiger partial charge on any atom is 0.0932 e. The zero-order valence-corrected chi connectivity index (χ0v) is 4.89. The summed E-state index contributed by atoms with van der Waals surface area (Å²) in [7, 11) is 7.57. The third-order valence-electron chi connectivity index (χ3n) is 0.311. The van der Waals surface area contributed by atoms with Crippen molar-refractivity contribution >= 4 is 17.1 Å². The maximum absolute atomic E-state index is 5.19. The highest BCUT2D eigenvalue weighted by atomic mass is 31.0. The van der Waals surface area contributed by atoms with Crippen LogP contribution < -0.4 is 0 Å². The summed E-state index contributed by atoms with van der Waals surface area (Å²) in [6.07, 6.45) is 0. The summed E-state index contributed by atoms with van der Waals surface area (Å²) in [6.45, 7) is 1.77. The van der Waals surface area contributed by atoms with Gasteiger partial charge in [-0.1, -0.05) is 0 Å². The SMILES string of the molecule is [B]C(P)C#CC. The van der Waals surface area contributed by atoms with Crippen molar-refractivity contribution in [3.05, 3.63) is 0 Å². The topological polar surface area (TPSA) is 0 Å². The molecule has 0 spiro atoms. The summed E-state index contributed by atoms with van der Waals surface area (Å²) in [4.78, 5) is 0. The average Bonchev–Trinajstić information content (AvgIpc) is 1.35. The van der Waals surface area contributed by atoms with Crippen LogP contribution in [0.25, 0.3) is 0 Å². The normalized spacial score (nSPS) is 11.7. The molecule has 0 saturated carbocycles. The van der Waals surface area contributed by atoms with Crippen molar-refractivity contribution in [1.29, 1.82) is 0 Å². The van der Waals surface area contributed by atoms with Gasteiger partial charge in [-0.2, -0.15) is 0 Å². The van der Waals surface area contributed by atoms with E-state index >= 15 is 0 Å². The van der Waals surface area contributed by atoms with Crippen LogP contribution in [0.1, 0.15) is 6.92 Å². The fourth-order valence-electron chi connectivity index (χ4n) is 0.167. The van der Waals surface area contributed by atoms with Gasteiger partial charge in [-0.3, -0.25) is 0 Å². The molecule has 0 aliphatic carbocycles. The van der Waals surface area contributed by atoms with E-state index in [9.17, 15) is 0 Å². The van der Waals surface area contributed by atoms with Crippen LogP contribution in [0.3, 0.4) is 0 Å². The molecular formula is C4H6BP. The van der Waals surface area contributed by atoms with E-state index in [0.717, 1.165) is 0 Å². The molecule has 2 radical (unpaired) electrons.